The number of esters is 1. The summed E-state index contributed by atoms with van der Waals surface area (Å²) in [5, 5.41) is 11.7. The first-order valence-electron chi connectivity index (χ1n) is 15.8. The first-order valence-corrected chi connectivity index (χ1v) is 17.2. The zero-order valence-electron chi connectivity index (χ0n) is 25.3. The van der Waals surface area contributed by atoms with Gasteiger partial charge in [-0.25, -0.2) is 0 Å². The molecule has 0 radical (unpaired) electrons. The van der Waals surface area contributed by atoms with Crippen molar-refractivity contribution in [1.82, 2.24) is 10.2 Å². The van der Waals surface area contributed by atoms with E-state index in [4.69, 9.17) is 9.84 Å². The van der Waals surface area contributed by atoms with Crippen LogP contribution in [0.25, 0.3) is 0 Å². The van der Waals surface area contributed by atoms with Crippen molar-refractivity contribution in [2.75, 3.05) is 44.8 Å². The lowest BCUT2D eigenvalue weighted by Crippen LogP contribution is -2.32. The minimum atomic E-state index is -0.704. The number of carbonyl (C=O) groups is 3. The minimum absolute atomic E-state index is 0.0419. The molecule has 0 saturated heterocycles. The van der Waals surface area contributed by atoms with Crippen LogP contribution >= 0.6 is 11.8 Å². The molecule has 230 valence electrons. The molecule has 0 bridgehead atoms. The lowest BCUT2D eigenvalue weighted by Gasteiger charge is -2.22. The molecule has 0 atom stereocenters. The zero-order valence-corrected chi connectivity index (χ0v) is 26.1. The Balaban J connectivity index is 3.92. The van der Waals surface area contributed by atoms with Gasteiger partial charge in [0.1, 0.15) is 0 Å². The first kappa shape index (κ1) is 37.7. The fraction of sp³-hybridized carbons (Fsp3) is 0.903. The summed E-state index contributed by atoms with van der Waals surface area (Å²) in [6.07, 6.45) is 22.9. The quantitative estimate of drug-likeness (QED) is 0.0693. The third-order valence-corrected chi connectivity index (χ3v) is 7.53. The predicted octanol–water partition coefficient (Wildman–Crippen LogP) is 7.22. The van der Waals surface area contributed by atoms with Crippen LogP contribution in [0.2, 0.25) is 0 Å². The predicted molar refractivity (Wildman–Crippen MR) is 164 cm³/mol. The van der Waals surface area contributed by atoms with E-state index in [1.807, 2.05) is 6.26 Å². The van der Waals surface area contributed by atoms with Gasteiger partial charge in [-0.1, -0.05) is 84.0 Å². The number of carbonyl (C=O) groups excluding carboxylic acids is 2. The molecule has 0 unspecified atom stereocenters. The summed E-state index contributed by atoms with van der Waals surface area (Å²) in [4.78, 5) is 36.7. The standard InChI is InChI=1S/C31H60N2O5S/c1-3-4-5-6-7-14-19-27-38-31(37)22-16-11-9-13-18-25-33(26-20-23-32-29(34)28-39-2)24-17-12-8-10-15-21-30(35)36/h3-28H2,1-2H3,(H,32,34)(H,35,36). The Morgan fingerprint density at radius 3 is 1.79 bits per heavy atom. The number of aliphatic carboxylic acids is 1. The number of amides is 1. The van der Waals surface area contributed by atoms with Crippen molar-refractivity contribution in [3.8, 4) is 0 Å². The number of ether oxygens (including phenoxy) is 1. The topological polar surface area (TPSA) is 95.9 Å². The van der Waals surface area contributed by atoms with E-state index in [1.165, 1.54) is 38.5 Å². The van der Waals surface area contributed by atoms with E-state index in [0.717, 1.165) is 103 Å². The number of nitrogens with zero attached hydrogens (tertiary/aromatic N) is 1. The summed E-state index contributed by atoms with van der Waals surface area (Å²) in [6, 6.07) is 0. The van der Waals surface area contributed by atoms with Gasteiger partial charge >= 0.3 is 11.9 Å². The van der Waals surface area contributed by atoms with Crippen molar-refractivity contribution < 1.29 is 24.2 Å². The van der Waals surface area contributed by atoms with Crippen LogP contribution in [0.15, 0.2) is 0 Å². The summed E-state index contributed by atoms with van der Waals surface area (Å²) in [5.74, 6) is -0.121. The second kappa shape index (κ2) is 29.7. The zero-order chi connectivity index (χ0) is 28.8. The SMILES string of the molecule is CCCCCCCCCOC(=O)CCCCCCCN(CCCCCCCC(=O)O)CCCNC(=O)CSC. The molecule has 0 saturated carbocycles. The Kier molecular flexibility index (Phi) is 28.7. The molecule has 0 rings (SSSR count). The molecule has 0 heterocycles. The van der Waals surface area contributed by atoms with Crippen molar-refractivity contribution in [2.45, 2.75) is 135 Å². The molecule has 0 spiro atoms. The van der Waals surface area contributed by atoms with Crippen LogP contribution in [0.4, 0.5) is 0 Å². The largest absolute Gasteiger partial charge is 0.481 e. The van der Waals surface area contributed by atoms with Crippen molar-refractivity contribution >= 4 is 29.6 Å². The van der Waals surface area contributed by atoms with Gasteiger partial charge in [0, 0.05) is 19.4 Å². The number of carboxylic acid groups (broad SMARTS) is 1. The van der Waals surface area contributed by atoms with Crippen LogP contribution in [-0.2, 0) is 19.1 Å². The Labute approximate surface area is 244 Å². The Morgan fingerprint density at radius 2 is 1.21 bits per heavy atom. The maximum Gasteiger partial charge on any atom is 0.305 e. The maximum absolute atomic E-state index is 11.9. The molecule has 0 aromatic heterocycles. The Morgan fingerprint density at radius 1 is 0.692 bits per heavy atom. The van der Waals surface area contributed by atoms with Gasteiger partial charge in [0.05, 0.1) is 12.4 Å². The van der Waals surface area contributed by atoms with Crippen LogP contribution in [0.3, 0.4) is 0 Å². The summed E-state index contributed by atoms with van der Waals surface area (Å²) in [5.41, 5.74) is 0. The van der Waals surface area contributed by atoms with Gasteiger partial charge in [-0.2, -0.15) is 11.8 Å². The summed E-state index contributed by atoms with van der Waals surface area (Å²) in [7, 11) is 0. The number of hydrogen-bond acceptors (Lipinski definition) is 6. The van der Waals surface area contributed by atoms with Crippen LogP contribution in [0.1, 0.15) is 135 Å². The van der Waals surface area contributed by atoms with Crippen LogP contribution in [-0.4, -0.2) is 72.6 Å². The van der Waals surface area contributed by atoms with Gasteiger partial charge in [0.25, 0.3) is 0 Å². The van der Waals surface area contributed by atoms with Crippen LogP contribution < -0.4 is 5.32 Å². The van der Waals surface area contributed by atoms with Crippen molar-refractivity contribution in [1.29, 1.82) is 0 Å². The highest BCUT2D eigenvalue weighted by Crippen LogP contribution is 2.11. The molecule has 0 aliphatic carbocycles. The highest BCUT2D eigenvalue weighted by atomic mass is 32.2. The molecule has 0 aromatic rings. The number of nitrogens with one attached hydrogen (secondary N) is 1. The molecule has 0 aliphatic heterocycles. The highest BCUT2D eigenvalue weighted by Gasteiger charge is 2.07. The average Bonchev–Trinajstić information content (AvgIpc) is 2.90. The van der Waals surface area contributed by atoms with Gasteiger partial charge in [0.2, 0.25) is 5.91 Å². The van der Waals surface area contributed by atoms with Crippen molar-refractivity contribution in [3.63, 3.8) is 0 Å². The fourth-order valence-corrected chi connectivity index (χ4v) is 5.01. The normalized spacial score (nSPS) is 11.2. The fourth-order valence-electron chi connectivity index (χ4n) is 4.64. The number of hydrogen-bond donors (Lipinski definition) is 2. The van der Waals surface area contributed by atoms with E-state index >= 15 is 0 Å². The lowest BCUT2D eigenvalue weighted by atomic mass is 10.1. The molecule has 2 N–H and O–H groups in total. The molecule has 1 amide bonds. The molecule has 39 heavy (non-hydrogen) atoms. The summed E-state index contributed by atoms with van der Waals surface area (Å²) >= 11 is 1.54. The van der Waals surface area contributed by atoms with E-state index < -0.39 is 5.97 Å². The molecule has 8 heteroatoms. The Bertz CT molecular complexity index is 591. The number of carboxylic acids is 1. The van der Waals surface area contributed by atoms with Gasteiger partial charge in [-0.3, -0.25) is 14.4 Å². The van der Waals surface area contributed by atoms with Crippen LogP contribution in [0, 0.1) is 0 Å². The van der Waals surface area contributed by atoms with Gasteiger partial charge in [-0.05, 0) is 64.4 Å². The maximum atomic E-state index is 11.9. The van der Waals surface area contributed by atoms with E-state index in [9.17, 15) is 14.4 Å². The second-order valence-corrected chi connectivity index (χ2v) is 11.6. The number of unbranched alkanes of at least 4 members (excludes halogenated alkanes) is 14. The lowest BCUT2D eigenvalue weighted by molar-refractivity contribution is -0.144. The molecule has 0 fully saturated rings. The minimum Gasteiger partial charge on any atom is -0.481 e. The van der Waals surface area contributed by atoms with E-state index in [-0.39, 0.29) is 18.3 Å². The molecule has 7 nitrogen and oxygen atoms in total. The van der Waals surface area contributed by atoms with E-state index in [2.05, 4.69) is 17.1 Å². The molecular weight excluding hydrogens is 512 g/mol. The first-order chi connectivity index (χ1) is 19.0. The second-order valence-electron chi connectivity index (χ2n) is 10.7. The van der Waals surface area contributed by atoms with Gasteiger partial charge in [0.15, 0.2) is 0 Å². The van der Waals surface area contributed by atoms with Gasteiger partial charge < -0.3 is 20.1 Å². The molecular formula is C31H60N2O5S. The summed E-state index contributed by atoms with van der Waals surface area (Å²) in [6.45, 7) is 6.64. The summed E-state index contributed by atoms with van der Waals surface area (Å²) < 4.78 is 5.38. The molecule has 0 aliphatic rings. The average molecular weight is 573 g/mol. The van der Waals surface area contributed by atoms with Gasteiger partial charge in [-0.15, -0.1) is 0 Å². The smallest absolute Gasteiger partial charge is 0.305 e. The Hall–Kier alpha value is -1.28. The van der Waals surface area contributed by atoms with Crippen LogP contribution in [0.5, 0.6) is 0 Å². The number of thioether (sulfide) groups is 1. The van der Waals surface area contributed by atoms with Crippen molar-refractivity contribution in [2.24, 2.45) is 0 Å². The van der Waals surface area contributed by atoms with E-state index in [1.54, 1.807) is 11.8 Å². The van der Waals surface area contributed by atoms with E-state index in [0.29, 0.717) is 18.8 Å². The third kappa shape index (κ3) is 29.5. The van der Waals surface area contributed by atoms with Crippen molar-refractivity contribution in [3.05, 3.63) is 0 Å². The monoisotopic (exact) mass is 572 g/mol. The third-order valence-electron chi connectivity index (χ3n) is 6.98. The molecule has 0 aromatic carbocycles. The number of rotatable bonds is 30. The highest BCUT2D eigenvalue weighted by molar-refractivity contribution is 7.99.